The van der Waals surface area contributed by atoms with E-state index < -0.39 is 0 Å². The van der Waals surface area contributed by atoms with Crippen molar-refractivity contribution in [2.45, 2.75) is 31.7 Å². The van der Waals surface area contributed by atoms with Gasteiger partial charge in [-0.15, -0.1) is 11.3 Å². The van der Waals surface area contributed by atoms with Crippen LogP contribution in [0.4, 0.5) is 0 Å². The number of aromatic nitrogens is 1. The Morgan fingerprint density at radius 1 is 1.41 bits per heavy atom. The van der Waals surface area contributed by atoms with Crippen molar-refractivity contribution < 1.29 is 4.79 Å². The van der Waals surface area contributed by atoms with Gasteiger partial charge in [0.2, 0.25) is 5.91 Å². The number of fused-ring (bicyclic) bond motifs is 5. The summed E-state index contributed by atoms with van der Waals surface area (Å²) in [4.78, 5) is 19.2. The summed E-state index contributed by atoms with van der Waals surface area (Å²) in [7, 11) is 0. The molecule has 3 aliphatic rings. The molecule has 2 aromatic rings. The zero-order valence-corrected chi connectivity index (χ0v) is 13.4. The summed E-state index contributed by atoms with van der Waals surface area (Å²) in [5.74, 6) is 0.903. The molecule has 0 radical (unpaired) electrons. The number of hydrogen-bond donors (Lipinski definition) is 1. The molecule has 2 bridgehead atoms. The SMILES string of the molecule is O=C(Cc1cc2sccc2cn1)NC1CC2CCN(CC2)C1. The average Bonchev–Trinajstić information content (AvgIpc) is 2.78. The van der Waals surface area contributed by atoms with Crippen LogP contribution in [0, 0.1) is 5.92 Å². The number of pyridine rings is 1. The van der Waals surface area contributed by atoms with E-state index in [0.29, 0.717) is 12.5 Å². The van der Waals surface area contributed by atoms with Crippen LogP contribution in [0.1, 0.15) is 25.0 Å². The number of rotatable bonds is 3. The van der Waals surface area contributed by atoms with E-state index in [0.717, 1.165) is 30.0 Å². The predicted molar refractivity (Wildman–Crippen MR) is 89.0 cm³/mol. The van der Waals surface area contributed by atoms with Crippen LogP contribution in [0.25, 0.3) is 10.1 Å². The van der Waals surface area contributed by atoms with Gasteiger partial charge < -0.3 is 10.2 Å². The Bertz CT molecular complexity index is 661. The predicted octanol–water partition coefficient (Wildman–Crippen LogP) is 2.44. The zero-order chi connectivity index (χ0) is 14.9. The van der Waals surface area contributed by atoms with Gasteiger partial charge in [0.05, 0.1) is 12.1 Å². The first-order chi connectivity index (χ1) is 10.8. The summed E-state index contributed by atoms with van der Waals surface area (Å²) in [5, 5.41) is 6.45. The van der Waals surface area contributed by atoms with Crippen LogP contribution in [0.2, 0.25) is 0 Å². The van der Waals surface area contributed by atoms with Crippen molar-refractivity contribution in [1.29, 1.82) is 0 Å². The highest BCUT2D eigenvalue weighted by Crippen LogP contribution is 2.26. The molecule has 0 aromatic carbocycles. The maximum Gasteiger partial charge on any atom is 0.226 e. The van der Waals surface area contributed by atoms with Crippen LogP contribution in [-0.2, 0) is 11.2 Å². The third kappa shape index (κ3) is 3.01. The zero-order valence-electron chi connectivity index (χ0n) is 12.6. The van der Waals surface area contributed by atoms with Crippen molar-refractivity contribution in [3.8, 4) is 0 Å². The van der Waals surface area contributed by atoms with E-state index in [1.165, 1.54) is 30.6 Å². The van der Waals surface area contributed by atoms with Crippen LogP contribution in [0.3, 0.4) is 0 Å². The van der Waals surface area contributed by atoms with Crippen molar-refractivity contribution in [3.63, 3.8) is 0 Å². The van der Waals surface area contributed by atoms with Crippen LogP contribution in [-0.4, -0.2) is 41.5 Å². The fourth-order valence-corrected chi connectivity index (χ4v) is 4.56. The van der Waals surface area contributed by atoms with Gasteiger partial charge in [-0.25, -0.2) is 0 Å². The monoisotopic (exact) mass is 315 g/mol. The smallest absolute Gasteiger partial charge is 0.226 e. The molecule has 116 valence electrons. The quantitative estimate of drug-likeness (QED) is 0.946. The van der Waals surface area contributed by atoms with Crippen LogP contribution in [0.15, 0.2) is 23.7 Å². The number of thiophene rings is 1. The Labute approximate surface area is 134 Å². The molecule has 22 heavy (non-hydrogen) atoms. The van der Waals surface area contributed by atoms with Gasteiger partial charge in [-0.3, -0.25) is 9.78 Å². The Morgan fingerprint density at radius 3 is 3.14 bits per heavy atom. The lowest BCUT2D eigenvalue weighted by atomic mass is 9.94. The van der Waals surface area contributed by atoms with Gasteiger partial charge in [-0.1, -0.05) is 0 Å². The number of carbonyl (C=O) groups is 1. The second-order valence-corrected chi connectivity index (χ2v) is 7.50. The third-order valence-electron chi connectivity index (χ3n) is 4.90. The van der Waals surface area contributed by atoms with Gasteiger partial charge in [0.1, 0.15) is 0 Å². The topological polar surface area (TPSA) is 45.2 Å². The number of nitrogens with one attached hydrogen (secondary N) is 1. The van der Waals surface area contributed by atoms with Gasteiger partial charge >= 0.3 is 0 Å². The Kier molecular flexibility index (Phi) is 3.84. The molecule has 1 N–H and O–H groups in total. The van der Waals surface area contributed by atoms with Crippen LogP contribution in [0.5, 0.6) is 0 Å². The van der Waals surface area contributed by atoms with Gasteiger partial charge in [-0.2, -0.15) is 0 Å². The first-order valence-corrected chi connectivity index (χ1v) is 8.98. The number of carbonyl (C=O) groups excluding carboxylic acids is 1. The molecule has 3 fully saturated rings. The lowest BCUT2D eigenvalue weighted by Crippen LogP contribution is -2.42. The number of amides is 1. The standard InChI is InChI=1S/C17H21N3OS/c21-17(9-14-8-16-13(10-18-14)3-6-22-16)19-15-7-12-1-4-20(11-15)5-2-12/h3,6,8,10,12,15H,1-2,4-5,7,9,11H2,(H,19,21). The highest BCUT2D eigenvalue weighted by molar-refractivity contribution is 7.17. The van der Waals surface area contributed by atoms with Crippen LogP contribution >= 0.6 is 11.3 Å². The maximum atomic E-state index is 12.3. The Balaban J connectivity index is 1.39. The number of piperidine rings is 1. The van der Waals surface area contributed by atoms with Gasteiger partial charge in [0.15, 0.2) is 0 Å². The highest BCUT2D eigenvalue weighted by atomic mass is 32.1. The number of hydrogen-bond acceptors (Lipinski definition) is 4. The molecule has 5 rings (SSSR count). The molecular formula is C17H21N3OS. The van der Waals surface area contributed by atoms with E-state index in [1.54, 1.807) is 11.3 Å². The molecule has 5 heterocycles. The molecule has 1 unspecified atom stereocenters. The highest BCUT2D eigenvalue weighted by Gasteiger charge is 2.29. The Hall–Kier alpha value is -1.46. The molecule has 3 saturated heterocycles. The molecule has 2 aromatic heterocycles. The fraction of sp³-hybridized carbons (Fsp3) is 0.529. The maximum absolute atomic E-state index is 12.3. The summed E-state index contributed by atoms with van der Waals surface area (Å²) >= 11 is 1.70. The van der Waals surface area contributed by atoms with Crippen LogP contribution < -0.4 is 5.32 Å². The minimum Gasteiger partial charge on any atom is -0.352 e. The summed E-state index contributed by atoms with van der Waals surface area (Å²) < 4.78 is 1.21. The molecular weight excluding hydrogens is 294 g/mol. The van der Waals surface area contributed by atoms with E-state index in [1.807, 2.05) is 12.3 Å². The van der Waals surface area contributed by atoms with Gasteiger partial charge in [0, 0.05) is 28.9 Å². The lowest BCUT2D eigenvalue weighted by molar-refractivity contribution is -0.121. The van der Waals surface area contributed by atoms with Gasteiger partial charge in [-0.05, 0) is 55.8 Å². The van der Waals surface area contributed by atoms with Gasteiger partial charge in [0.25, 0.3) is 0 Å². The van der Waals surface area contributed by atoms with Crippen molar-refractivity contribution in [2.75, 3.05) is 19.6 Å². The molecule has 4 nitrogen and oxygen atoms in total. The summed E-state index contributed by atoms with van der Waals surface area (Å²) in [6.45, 7) is 3.42. The molecule has 0 spiro atoms. The lowest BCUT2D eigenvalue weighted by Gasteiger charge is -2.26. The second kappa shape index (κ2) is 5.97. The summed E-state index contributed by atoms with van der Waals surface area (Å²) in [6, 6.07) is 4.42. The average molecular weight is 315 g/mol. The summed E-state index contributed by atoms with van der Waals surface area (Å²) in [5.41, 5.74) is 0.865. The first kappa shape index (κ1) is 14.2. The minimum atomic E-state index is 0.107. The molecule has 3 aliphatic heterocycles. The molecule has 1 atom stereocenters. The molecule has 1 amide bonds. The van der Waals surface area contributed by atoms with Crippen molar-refractivity contribution in [3.05, 3.63) is 29.4 Å². The normalized spacial score (nSPS) is 27.7. The molecule has 0 saturated carbocycles. The minimum absolute atomic E-state index is 0.107. The first-order valence-electron chi connectivity index (χ1n) is 8.10. The van der Waals surface area contributed by atoms with Crippen molar-refractivity contribution in [2.24, 2.45) is 5.92 Å². The van der Waals surface area contributed by atoms with E-state index in [4.69, 9.17) is 0 Å². The fourth-order valence-electron chi connectivity index (χ4n) is 3.73. The number of nitrogens with zero attached hydrogens (tertiary/aromatic N) is 2. The van der Waals surface area contributed by atoms with E-state index in [-0.39, 0.29) is 5.91 Å². The van der Waals surface area contributed by atoms with E-state index >= 15 is 0 Å². The van der Waals surface area contributed by atoms with E-state index in [9.17, 15) is 4.79 Å². The molecule has 5 heteroatoms. The second-order valence-electron chi connectivity index (χ2n) is 6.55. The molecule has 0 aliphatic carbocycles. The van der Waals surface area contributed by atoms with Crippen molar-refractivity contribution in [1.82, 2.24) is 15.2 Å². The van der Waals surface area contributed by atoms with Crippen molar-refractivity contribution >= 4 is 27.3 Å². The summed E-state index contributed by atoms with van der Waals surface area (Å²) in [6.07, 6.45) is 5.98. The Morgan fingerprint density at radius 2 is 2.27 bits per heavy atom. The third-order valence-corrected chi connectivity index (χ3v) is 5.78. The largest absolute Gasteiger partial charge is 0.352 e. The van der Waals surface area contributed by atoms with E-state index in [2.05, 4.69) is 26.6 Å².